The highest BCUT2D eigenvalue weighted by Crippen LogP contribution is 2.63. The Labute approximate surface area is 160 Å². The Morgan fingerprint density at radius 1 is 1.07 bits per heavy atom. The van der Waals surface area contributed by atoms with E-state index in [-0.39, 0.29) is 23.4 Å². The zero-order valence-corrected chi connectivity index (χ0v) is 15.0. The Balaban J connectivity index is 1.61. The van der Waals surface area contributed by atoms with Gasteiger partial charge in [-0.2, -0.15) is 13.2 Å². The summed E-state index contributed by atoms with van der Waals surface area (Å²) in [5.74, 6) is 0.381. The largest absolute Gasteiger partial charge is 0.478 e. The van der Waals surface area contributed by atoms with E-state index in [4.69, 9.17) is 0 Å². The highest BCUT2D eigenvalue weighted by Gasteiger charge is 2.54. The lowest BCUT2D eigenvalue weighted by Gasteiger charge is -2.43. The molecule has 2 fully saturated rings. The minimum Gasteiger partial charge on any atom is -0.478 e. The van der Waals surface area contributed by atoms with Crippen LogP contribution in [-0.4, -0.2) is 11.1 Å². The van der Waals surface area contributed by atoms with E-state index in [2.05, 4.69) is 5.32 Å². The zero-order valence-electron chi connectivity index (χ0n) is 15.0. The van der Waals surface area contributed by atoms with Crippen LogP contribution in [0.2, 0.25) is 0 Å². The summed E-state index contributed by atoms with van der Waals surface area (Å²) in [4.78, 5) is 11.4. The first-order valence-electron chi connectivity index (χ1n) is 9.64. The molecule has 2 saturated carbocycles. The second kappa shape index (κ2) is 6.00. The SMILES string of the molecule is O=C(O)c1ccc2c(c1)[C@H]1[C@H]3CC[C@@H](C3)[C@H]1[C@H](c1cccc(C(F)(F)F)c1)N2. The van der Waals surface area contributed by atoms with Crippen molar-refractivity contribution < 1.29 is 23.1 Å². The number of carboxylic acid groups (broad SMARTS) is 1. The summed E-state index contributed by atoms with van der Waals surface area (Å²) in [6.45, 7) is 0. The molecule has 0 unspecified atom stereocenters. The molecule has 2 aromatic rings. The molecule has 2 N–H and O–H groups in total. The molecule has 0 amide bonds. The van der Waals surface area contributed by atoms with Crippen LogP contribution in [0.4, 0.5) is 18.9 Å². The van der Waals surface area contributed by atoms with Crippen LogP contribution in [0, 0.1) is 17.8 Å². The fourth-order valence-corrected chi connectivity index (χ4v) is 5.86. The Bertz CT molecular complexity index is 955. The lowest BCUT2D eigenvalue weighted by molar-refractivity contribution is -0.137. The molecule has 1 heterocycles. The molecule has 0 spiro atoms. The number of benzene rings is 2. The topological polar surface area (TPSA) is 49.3 Å². The number of hydrogen-bond acceptors (Lipinski definition) is 2. The molecule has 3 nitrogen and oxygen atoms in total. The average molecular weight is 387 g/mol. The maximum absolute atomic E-state index is 13.2. The van der Waals surface area contributed by atoms with Crippen molar-refractivity contribution in [3.05, 3.63) is 64.7 Å². The maximum Gasteiger partial charge on any atom is 0.416 e. The standard InChI is InChI=1S/C22H20F3NO2/c23-22(24,25)15-3-1-2-13(9-15)20-19-12-5-4-11(8-12)18(19)16-10-14(21(27)28)6-7-17(16)26-20/h1-3,6-7,9-12,18-20,26H,4-5,8H2,(H,27,28)/t11-,12-,18+,19+,20-/m0/s1. The van der Waals surface area contributed by atoms with E-state index in [0.717, 1.165) is 36.6 Å². The molecule has 1 aliphatic heterocycles. The zero-order chi connectivity index (χ0) is 19.6. The molecule has 2 aromatic carbocycles. The quantitative estimate of drug-likeness (QED) is 0.695. The number of carbonyl (C=O) groups is 1. The van der Waals surface area contributed by atoms with Crippen molar-refractivity contribution in [1.82, 2.24) is 0 Å². The van der Waals surface area contributed by atoms with Crippen molar-refractivity contribution in [3.63, 3.8) is 0 Å². The van der Waals surface area contributed by atoms with Gasteiger partial charge in [-0.15, -0.1) is 0 Å². The van der Waals surface area contributed by atoms with E-state index >= 15 is 0 Å². The summed E-state index contributed by atoms with van der Waals surface area (Å²) in [5, 5.41) is 12.8. The number of nitrogens with one attached hydrogen (secondary N) is 1. The van der Waals surface area contributed by atoms with Crippen molar-refractivity contribution in [2.45, 2.75) is 37.4 Å². The second-order valence-corrected chi connectivity index (χ2v) is 8.29. The van der Waals surface area contributed by atoms with Gasteiger partial charge in [0.15, 0.2) is 0 Å². The molecule has 5 rings (SSSR count). The van der Waals surface area contributed by atoms with Crippen LogP contribution in [-0.2, 0) is 6.18 Å². The van der Waals surface area contributed by atoms with Crippen LogP contribution in [0.25, 0.3) is 0 Å². The number of anilines is 1. The molecule has 28 heavy (non-hydrogen) atoms. The number of hydrogen-bond donors (Lipinski definition) is 2. The van der Waals surface area contributed by atoms with Crippen LogP contribution in [0.3, 0.4) is 0 Å². The molecule has 0 saturated heterocycles. The van der Waals surface area contributed by atoms with Crippen LogP contribution in [0.1, 0.15) is 58.3 Å². The minimum atomic E-state index is -4.37. The third kappa shape index (κ3) is 2.61. The smallest absolute Gasteiger partial charge is 0.416 e. The average Bonchev–Trinajstić information content (AvgIpc) is 3.29. The van der Waals surface area contributed by atoms with E-state index in [9.17, 15) is 23.1 Å². The number of carboxylic acids is 1. The fourth-order valence-electron chi connectivity index (χ4n) is 5.86. The highest BCUT2D eigenvalue weighted by molar-refractivity contribution is 5.88. The Morgan fingerprint density at radius 2 is 1.86 bits per heavy atom. The molecular formula is C22H20F3NO2. The van der Waals surface area contributed by atoms with Gasteiger partial charge in [-0.25, -0.2) is 4.79 Å². The summed E-state index contributed by atoms with van der Waals surface area (Å²) in [6, 6.07) is 10.5. The van der Waals surface area contributed by atoms with Gasteiger partial charge < -0.3 is 10.4 Å². The maximum atomic E-state index is 13.2. The molecule has 5 atom stereocenters. The molecule has 146 valence electrons. The van der Waals surface area contributed by atoms with Crippen LogP contribution < -0.4 is 5.32 Å². The van der Waals surface area contributed by atoms with Crippen molar-refractivity contribution in [3.8, 4) is 0 Å². The van der Waals surface area contributed by atoms with Crippen molar-refractivity contribution >= 4 is 11.7 Å². The van der Waals surface area contributed by atoms with Gasteiger partial charge in [0.1, 0.15) is 0 Å². The van der Waals surface area contributed by atoms with E-state index in [1.54, 1.807) is 24.3 Å². The lowest BCUT2D eigenvalue weighted by Crippen LogP contribution is -2.35. The van der Waals surface area contributed by atoms with Gasteiger partial charge in [-0.05, 0) is 84.4 Å². The van der Waals surface area contributed by atoms with E-state index < -0.39 is 17.7 Å². The van der Waals surface area contributed by atoms with Crippen LogP contribution in [0.5, 0.6) is 0 Å². The fraction of sp³-hybridized carbons (Fsp3) is 0.409. The van der Waals surface area contributed by atoms with Crippen molar-refractivity contribution in [2.75, 3.05) is 5.32 Å². The van der Waals surface area contributed by atoms with Gasteiger partial charge in [0, 0.05) is 5.69 Å². The molecule has 0 aromatic heterocycles. The summed E-state index contributed by atoms with van der Waals surface area (Å²) < 4.78 is 39.7. The first-order valence-corrected chi connectivity index (χ1v) is 9.64. The Morgan fingerprint density at radius 3 is 2.61 bits per heavy atom. The van der Waals surface area contributed by atoms with Crippen LogP contribution >= 0.6 is 0 Å². The third-order valence-corrected chi connectivity index (χ3v) is 6.91. The summed E-state index contributed by atoms with van der Waals surface area (Å²) in [7, 11) is 0. The molecule has 0 radical (unpaired) electrons. The van der Waals surface area contributed by atoms with E-state index in [1.165, 1.54) is 12.1 Å². The molecule has 6 heteroatoms. The van der Waals surface area contributed by atoms with Gasteiger partial charge in [0.25, 0.3) is 0 Å². The van der Waals surface area contributed by atoms with Crippen LogP contribution in [0.15, 0.2) is 42.5 Å². The van der Waals surface area contributed by atoms with E-state index in [0.29, 0.717) is 17.4 Å². The summed E-state index contributed by atoms with van der Waals surface area (Å²) >= 11 is 0. The first kappa shape index (κ1) is 17.6. The normalized spacial score (nSPS) is 30.5. The molecule has 2 aliphatic carbocycles. The minimum absolute atomic E-state index is 0.189. The monoisotopic (exact) mass is 387 g/mol. The van der Waals surface area contributed by atoms with Crippen molar-refractivity contribution in [2.24, 2.45) is 17.8 Å². The lowest BCUT2D eigenvalue weighted by atomic mass is 9.68. The Kier molecular flexibility index (Phi) is 3.77. The predicted molar refractivity (Wildman–Crippen MR) is 98.3 cm³/mol. The number of rotatable bonds is 2. The Hall–Kier alpha value is -2.50. The summed E-state index contributed by atoms with van der Waals surface area (Å²) in [5.41, 5.74) is 2.16. The van der Waals surface area contributed by atoms with Gasteiger partial charge >= 0.3 is 12.1 Å². The highest BCUT2D eigenvalue weighted by atomic mass is 19.4. The summed E-state index contributed by atoms with van der Waals surface area (Å²) in [6.07, 6.45) is -1.09. The number of fused-ring (bicyclic) bond motifs is 7. The molecule has 3 aliphatic rings. The van der Waals surface area contributed by atoms with Gasteiger partial charge in [0.2, 0.25) is 0 Å². The first-order chi connectivity index (χ1) is 13.3. The van der Waals surface area contributed by atoms with Gasteiger partial charge in [-0.3, -0.25) is 0 Å². The predicted octanol–water partition coefficient (Wildman–Crippen LogP) is 5.70. The number of halogens is 3. The number of aromatic carboxylic acids is 1. The molecule has 2 bridgehead atoms. The van der Waals surface area contributed by atoms with Gasteiger partial charge in [0.05, 0.1) is 17.2 Å². The van der Waals surface area contributed by atoms with Crippen molar-refractivity contribution in [1.29, 1.82) is 0 Å². The molecular weight excluding hydrogens is 367 g/mol. The van der Waals surface area contributed by atoms with E-state index in [1.807, 2.05) is 0 Å². The second-order valence-electron chi connectivity index (χ2n) is 8.29. The third-order valence-electron chi connectivity index (χ3n) is 6.91. The number of alkyl halides is 3. The van der Waals surface area contributed by atoms with Gasteiger partial charge in [-0.1, -0.05) is 12.1 Å².